The average Bonchev–Trinajstić information content (AvgIpc) is 2.94. The van der Waals surface area contributed by atoms with Gasteiger partial charge in [0.1, 0.15) is 0 Å². The van der Waals surface area contributed by atoms with Crippen LogP contribution in [0, 0.1) is 5.41 Å². The molecule has 1 aromatic rings. The number of hydrogen-bond acceptors (Lipinski definition) is 3. The molecule has 2 aliphatic rings. The summed E-state index contributed by atoms with van der Waals surface area (Å²) in [5.41, 5.74) is 1.91. The van der Waals surface area contributed by atoms with E-state index in [4.69, 9.17) is 0 Å². The summed E-state index contributed by atoms with van der Waals surface area (Å²) in [5.74, 6) is 0. The van der Waals surface area contributed by atoms with Crippen molar-refractivity contribution in [2.24, 2.45) is 5.41 Å². The molecule has 22 heavy (non-hydrogen) atoms. The molecule has 0 bridgehead atoms. The monoisotopic (exact) mass is 365 g/mol. The minimum Gasteiger partial charge on any atom is -0.316 e. The van der Waals surface area contributed by atoms with Crippen molar-refractivity contribution in [1.82, 2.24) is 15.1 Å². The van der Waals surface area contributed by atoms with Crippen LogP contribution in [-0.4, -0.2) is 55.6 Å². The molecule has 2 atom stereocenters. The number of hydrogen-bond donors (Lipinski definition) is 1. The summed E-state index contributed by atoms with van der Waals surface area (Å²) in [5, 5.41) is 3.51. The number of piperazine rings is 1. The van der Waals surface area contributed by atoms with Gasteiger partial charge in [-0.15, -0.1) is 0 Å². The van der Waals surface area contributed by atoms with Crippen LogP contribution >= 0.6 is 15.9 Å². The van der Waals surface area contributed by atoms with Gasteiger partial charge in [0.25, 0.3) is 0 Å². The molecule has 122 valence electrons. The molecule has 2 saturated heterocycles. The highest BCUT2D eigenvalue weighted by atomic mass is 79.9. The number of nitrogens with one attached hydrogen (secondary N) is 1. The van der Waals surface area contributed by atoms with Gasteiger partial charge in [0.15, 0.2) is 0 Å². The predicted molar refractivity (Wildman–Crippen MR) is 96.2 cm³/mol. The molecule has 2 heterocycles. The third-order valence-corrected chi connectivity index (χ3v) is 5.90. The van der Waals surface area contributed by atoms with E-state index < -0.39 is 0 Å². The molecule has 3 rings (SSSR count). The third kappa shape index (κ3) is 3.91. The van der Waals surface area contributed by atoms with Crippen LogP contribution in [0.5, 0.6) is 0 Å². The lowest BCUT2D eigenvalue weighted by atomic mass is 9.89. The smallest absolute Gasteiger partial charge is 0.0320 e. The molecule has 1 aromatic carbocycles. The van der Waals surface area contributed by atoms with Crippen molar-refractivity contribution in [3.05, 3.63) is 34.3 Å². The first-order valence-corrected chi connectivity index (χ1v) is 9.28. The Hall–Kier alpha value is -0.420. The summed E-state index contributed by atoms with van der Waals surface area (Å²) in [6.07, 6.45) is 1.32. The molecule has 0 saturated carbocycles. The Bertz CT molecular complexity index is 474. The van der Waals surface area contributed by atoms with Crippen molar-refractivity contribution in [2.75, 3.05) is 45.8 Å². The highest BCUT2D eigenvalue weighted by molar-refractivity contribution is 9.10. The van der Waals surface area contributed by atoms with Crippen LogP contribution in [0.2, 0.25) is 0 Å². The Morgan fingerprint density at radius 3 is 2.45 bits per heavy atom. The molecule has 0 spiro atoms. The van der Waals surface area contributed by atoms with Gasteiger partial charge in [-0.05, 0) is 43.0 Å². The fourth-order valence-corrected chi connectivity index (χ4v) is 4.07. The topological polar surface area (TPSA) is 18.5 Å². The maximum atomic E-state index is 3.52. The second kappa shape index (κ2) is 7.00. The second-order valence-corrected chi connectivity index (χ2v) is 8.19. The third-order valence-electron chi connectivity index (χ3n) is 5.37. The van der Waals surface area contributed by atoms with Crippen molar-refractivity contribution < 1.29 is 0 Å². The standard InChI is InChI=1S/C18H28BrN3/c1-15(16-3-5-17(19)6-4-16)22-11-9-21(10-12-22)14-18(2)7-8-20-13-18/h3-6,15,20H,7-14H2,1-2H3. The normalized spacial score (nSPS) is 28.9. The molecular weight excluding hydrogens is 338 g/mol. The number of rotatable bonds is 4. The fourth-order valence-electron chi connectivity index (χ4n) is 3.80. The van der Waals surface area contributed by atoms with Crippen molar-refractivity contribution in [2.45, 2.75) is 26.3 Å². The van der Waals surface area contributed by atoms with Crippen LogP contribution in [0.1, 0.15) is 31.9 Å². The Morgan fingerprint density at radius 1 is 1.18 bits per heavy atom. The summed E-state index contributed by atoms with van der Waals surface area (Å²) in [4.78, 5) is 5.28. The zero-order valence-corrected chi connectivity index (χ0v) is 15.4. The van der Waals surface area contributed by atoms with E-state index in [1.807, 2.05) is 0 Å². The lowest BCUT2D eigenvalue weighted by Crippen LogP contribution is -2.50. The molecule has 0 amide bonds. The maximum Gasteiger partial charge on any atom is 0.0320 e. The first-order valence-electron chi connectivity index (χ1n) is 8.48. The highest BCUT2D eigenvalue weighted by Crippen LogP contribution is 2.28. The highest BCUT2D eigenvalue weighted by Gasteiger charge is 2.32. The second-order valence-electron chi connectivity index (χ2n) is 7.28. The van der Waals surface area contributed by atoms with Gasteiger partial charge in [-0.3, -0.25) is 4.90 Å². The van der Waals surface area contributed by atoms with Crippen LogP contribution in [0.15, 0.2) is 28.7 Å². The first-order chi connectivity index (χ1) is 10.6. The number of benzene rings is 1. The predicted octanol–water partition coefficient (Wildman–Crippen LogP) is 3.13. The Balaban J connectivity index is 1.51. The Kier molecular flexibility index (Phi) is 5.23. The van der Waals surface area contributed by atoms with E-state index in [0.717, 1.165) is 4.47 Å². The minimum absolute atomic E-state index is 0.486. The van der Waals surface area contributed by atoms with Gasteiger partial charge >= 0.3 is 0 Å². The Labute approximate surface area is 143 Å². The van der Waals surface area contributed by atoms with E-state index in [9.17, 15) is 0 Å². The molecule has 2 fully saturated rings. The van der Waals surface area contributed by atoms with Crippen LogP contribution in [-0.2, 0) is 0 Å². The largest absolute Gasteiger partial charge is 0.316 e. The van der Waals surface area contributed by atoms with Crippen LogP contribution in [0.3, 0.4) is 0 Å². The summed E-state index contributed by atoms with van der Waals surface area (Å²) < 4.78 is 1.16. The van der Waals surface area contributed by atoms with E-state index in [0.29, 0.717) is 11.5 Å². The molecule has 2 unspecified atom stereocenters. The van der Waals surface area contributed by atoms with Gasteiger partial charge in [-0.2, -0.15) is 0 Å². The zero-order chi connectivity index (χ0) is 15.6. The molecule has 2 aliphatic heterocycles. The lowest BCUT2D eigenvalue weighted by Gasteiger charge is -2.41. The van der Waals surface area contributed by atoms with Crippen molar-refractivity contribution in [1.29, 1.82) is 0 Å². The van der Waals surface area contributed by atoms with Gasteiger partial charge < -0.3 is 10.2 Å². The van der Waals surface area contributed by atoms with E-state index >= 15 is 0 Å². The fraction of sp³-hybridized carbons (Fsp3) is 0.667. The quantitative estimate of drug-likeness (QED) is 0.883. The number of nitrogens with zero attached hydrogens (tertiary/aromatic N) is 2. The summed E-state index contributed by atoms with van der Waals surface area (Å²) in [6.45, 7) is 13.2. The van der Waals surface area contributed by atoms with Gasteiger partial charge in [0.05, 0.1) is 0 Å². The van der Waals surface area contributed by atoms with Crippen molar-refractivity contribution in [3.8, 4) is 0 Å². The van der Waals surface area contributed by atoms with Crippen LogP contribution < -0.4 is 5.32 Å². The summed E-state index contributed by atoms with van der Waals surface area (Å²) in [6, 6.07) is 9.30. The van der Waals surface area contributed by atoms with Gasteiger partial charge in [-0.1, -0.05) is 35.0 Å². The van der Waals surface area contributed by atoms with Crippen LogP contribution in [0.4, 0.5) is 0 Å². The van der Waals surface area contributed by atoms with Crippen molar-refractivity contribution >= 4 is 15.9 Å². The van der Waals surface area contributed by atoms with Crippen molar-refractivity contribution in [3.63, 3.8) is 0 Å². The van der Waals surface area contributed by atoms with E-state index in [2.05, 4.69) is 69.2 Å². The molecule has 0 aliphatic carbocycles. The lowest BCUT2D eigenvalue weighted by molar-refractivity contribution is 0.0761. The average molecular weight is 366 g/mol. The molecule has 1 N–H and O–H groups in total. The van der Waals surface area contributed by atoms with E-state index in [1.54, 1.807) is 0 Å². The van der Waals surface area contributed by atoms with E-state index in [1.165, 1.54) is 57.8 Å². The zero-order valence-electron chi connectivity index (χ0n) is 13.8. The maximum absolute atomic E-state index is 3.52. The minimum atomic E-state index is 0.486. The summed E-state index contributed by atoms with van der Waals surface area (Å²) in [7, 11) is 0. The van der Waals surface area contributed by atoms with Crippen LogP contribution in [0.25, 0.3) is 0 Å². The van der Waals surface area contributed by atoms with Gasteiger partial charge in [0, 0.05) is 49.8 Å². The number of halogens is 1. The molecular formula is C18H28BrN3. The van der Waals surface area contributed by atoms with Gasteiger partial charge in [0.2, 0.25) is 0 Å². The molecule has 0 aromatic heterocycles. The molecule has 4 heteroatoms. The van der Waals surface area contributed by atoms with E-state index in [-0.39, 0.29) is 0 Å². The molecule has 0 radical (unpaired) electrons. The summed E-state index contributed by atoms with van der Waals surface area (Å²) >= 11 is 3.52. The van der Waals surface area contributed by atoms with Gasteiger partial charge in [-0.25, -0.2) is 0 Å². The first kappa shape index (κ1) is 16.4. The Morgan fingerprint density at radius 2 is 1.86 bits per heavy atom. The SMILES string of the molecule is CC(c1ccc(Br)cc1)N1CCN(CC2(C)CCNC2)CC1. The molecule has 3 nitrogen and oxygen atoms in total.